The minimum Gasteiger partial charge on any atom is -0.299 e. The summed E-state index contributed by atoms with van der Waals surface area (Å²) >= 11 is 1.58. The van der Waals surface area contributed by atoms with Gasteiger partial charge in [-0.3, -0.25) is 14.0 Å². The summed E-state index contributed by atoms with van der Waals surface area (Å²) in [6.45, 7) is 9.22. The zero-order chi connectivity index (χ0) is 15.9. The van der Waals surface area contributed by atoms with Crippen LogP contribution in [0, 0.1) is 27.7 Å². The molecule has 0 bridgehead atoms. The Hall–Kier alpha value is -2.02. The Morgan fingerprint density at radius 1 is 1.18 bits per heavy atom. The first kappa shape index (κ1) is 14.9. The molecule has 0 amide bonds. The van der Waals surface area contributed by atoms with Gasteiger partial charge in [-0.2, -0.15) is 5.10 Å². The maximum absolute atomic E-state index is 12.6. The second-order valence-corrected chi connectivity index (χ2v) is 6.69. The quantitative estimate of drug-likeness (QED) is 0.741. The minimum absolute atomic E-state index is 0.0540. The van der Waals surface area contributed by atoms with Crippen LogP contribution in [0.4, 0.5) is 0 Å². The number of rotatable bonds is 4. The molecular formula is C15H19N5OS. The van der Waals surface area contributed by atoms with Gasteiger partial charge in [0.15, 0.2) is 0 Å². The fraction of sp³-hybridized carbons (Fsp3) is 0.467. The lowest BCUT2D eigenvalue weighted by Crippen LogP contribution is -2.21. The third-order valence-corrected chi connectivity index (χ3v) is 5.00. The summed E-state index contributed by atoms with van der Waals surface area (Å²) in [4.78, 5) is 23.3. The average Bonchev–Trinajstić information content (AvgIpc) is 2.93. The normalized spacial score (nSPS) is 11.5. The number of fused-ring (bicyclic) bond motifs is 1. The van der Waals surface area contributed by atoms with Crippen molar-refractivity contribution in [1.29, 1.82) is 0 Å². The number of aromatic nitrogens is 5. The molecule has 0 aliphatic rings. The summed E-state index contributed by atoms with van der Waals surface area (Å²) in [7, 11) is 0. The zero-order valence-electron chi connectivity index (χ0n) is 13.3. The topological polar surface area (TPSA) is 65.6 Å². The molecule has 3 aromatic heterocycles. The van der Waals surface area contributed by atoms with Crippen LogP contribution in [-0.2, 0) is 13.1 Å². The van der Waals surface area contributed by atoms with Crippen molar-refractivity contribution in [3.05, 3.63) is 38.8 Å². The van der Waals surface area contributed by atoms with Crippen molar-refractivity contribution >= 4 is 21.6 Å². The summed E-state index contributed by atoms with van der Waals surface area (Å²) < 4.78 is 3.58. The van der Waals surface area contributed by atoms with E-state index < -0.39 is 0 Å². The number of hydrogen-bond acceptors (Lipinski definition) is 5. The third kappa shape index (κ3) is 2.56. The van der Waals surface area contributed by atoms with Crippen molar-refractivity contribution in [3.8, 4) is 0 Å². The van der Waals surface area contributed by atoms with Gasteiger partial charge in [-0.15, -0.1) is 11.3 Å². The van der Waals surface area contributed by atoms with E-state index in [9.17, 15) is 4.79 Å². The van der Waals surface area contributed by atoms with E-state index in [1.807, 2.05) is 32.4 Å². The van der Waals surface area contributed by atoms with E-state index in [4.69, 9.17) is 0 Å². The van der Waals surface area contributed by atoms with Gasteiger partial charge in [-0.25, -0.2) is 9.97 Å². The standard InChI is InChI=1S/C15H19N5OS/c1-9-10(2)22-14-13(9)15(21)19(8-16-14)6-5-7-20-12(4)17-11(3)18-20/h8H,5-7H2,1-4H3. The van der Waals surface area contributed by atoms with Crippen LogP contribution in [0.25, 0.3) is 10.2 Å². The first-order valence-corrected chi connectivity index (χ1v) is 8.12. The molecule has 0 atom stereocenters. The Morgan fingerprint density at radius 2 is 1.95 bits per heavy atom. The Kier molecular flexibility index (Phi) is 3.82. The third-order valence-electron chi connectivity index (χ3n) is 3.89. The van der Waals surface area contributed by atoms with Gasteiger partial charge in [-0.1, -0.05) is 0 Å². The average molecular weight is 317 g/mol. The molecule has 0 N–H and O–H groups in total. The second kappa shape index (κ2) is 5.64. The molecule has 6 nitrogen and oxygen atoms in total. The van der Waals surface area contributed by atoms with E-state index >= 15 is 0 Å². The van der Waals surface area contributed by atoms with Crippen LogP contribution >= 0.6 is 11.3 Å². The Balaban J connectivity index is 1.80. The highest BCUT2D eigenvalue weighted by molar-refractivity contribution is 7.18. The number of aryl methyl sites for hydroxylation is 6. The predicted octanol–water partition coefficient (Wildman–Crippen LogP) is 2.37. The van der Waals surface area contributed by atoms with Gasteiger partial charge in [0, 0.05) is 18.0 Å². The van der Waals surface area contributed by atoms with Crippen LogP contribution in [0.5, 0.6) is 0 Å². The summed E-state index contributed by atoms with van der Waals surface area (Å²) in [6, 6.07) is 0. The molecule has 0 spiro atoms. The minimum atomic E-state index is 0.0540. The van der Waals surface area contributed by atoms with Gasteiger partial charge in [0.05, 0.1) is 11.7 Å². The Morgan fingerprint density at radius 3 is 2.64 bits per heavy atom. The predicted molar refractivity (Wildman–Crippen MR) is 87.5 cm³/mol. The van der Waals surface area contributed by atoms with Crippen LogP contribution in [0.1, 0.15) is 28.5 Å². The molecule has 22 heavy (non-hydrogen) atoms. The number of nitrogens with zero attached hydrogens (tertiary/aromatic N) is 5. The van der Waals surface area contributed by atoms with E-state index in [0.717, 1.165) is 45.3 Å². The molecule has 0 saturated carbocycles. The highest BCUT2D eigenvalue weighted by Crippen LogP contribution is 2.25. The fourth-order valence-corrected chi connectivity index (χ4v) is 3.58. The molecule has 0 unspecified atom stereocenters. The van der Waals surface area contributed by atoms with Gasteiger partial charge in [0.2, 0.25) is 0 Å². The van der Waals surface area contributed by atoms with Crippen LogP contribution in [-0.4, -0.2) is 24.3 Å². The van der Waals surface area contributed by atoms with Crippen LogP contribution in [0.15, 0.2) is 11.1 Å². The summed E-state index contributed by atoms with van der Waals surface area (Å²) in [5, 5.41) is 5.10. The molecule has 0 fully saturated rings. The first-order chi connectivity index (χ1) is 10.5. The molecule has 3 aromatic rings. The Labute approximate surface area is 132 Å². The molecule has 0 radical (unpaired) electrons. The van der Waals surface area contributed by atoms with Gasteiger partial charge in [0.25, 0.3) is 5.56 Å². The number of thiophene rings is 1. The van der Waals surface area contributed by atoms with Crippen molar-refractivity contribution in [2.24, 2.45) is 0 Å². The molecular weight excluding hydrogens is 298 g/mol. The second-order valence-electron chi connectivity index (χ2n) is 5.49. The molecule has 0 aliphatic heterocycles. The van der Waals surface area contributed by atoms with Gasteiger partial charge in [0.1, 0.15) is 16.5 Å². The molecule has 0 aliphatic carbocycles. The fourth-order valence-electron chi connectivity index (χ4n) is 2.59. The van der Waals surface area contributed by atoms with Gasteiger partial charge < -0.3 is 0 Å². The van der Waals surface area contributed by atoms with Crippen LogP contribution in [0.2, 0.25) is 0 Å². The van der Waals surface area contributed by atoms with E-state index in [2.05, 4.69) is 15.1 Å². The SMILES string of the molecule is Cc1nc(C)n(CCCn2cnc3sc(C)c(C)c3c2=O)n1. The summed E-state index contributed by atoms with van der Waals surface area (Å²) in [6.07, 6.45) is 2.47. The van der Waals surface area contributed by atoms with E-state index in [1.165, 1.54) is 0 Å². The lowest BCUT2D eigenvalue weighted by molar-refractivity contribution is 0.507. The smallest absolute Gasteiger partial charge is 0.262 e. The summed E-state index contributed by atoms with van der Waals surface area (Å²) in [5.41, 5.74) is 1.10. The molecule has 7 heteroatoms. The molecule has 0 saturated heterocycles. The monoisotopic (exact) mass is 317 g/mol. The van der Waals surface area contributed by atoms with E-state index in [0.29, 0.717) is 6.54 Å². The molecule has 3 heterocycles. The highest BCUT2D eigenvalue weighted by Gasteiger charge is 2.12. The lowest BCUT2D eigenvalue weighted by atomic mass is 10.2. The Bertz CT molecular complexity index is 889. The van der Waals surface area contributed by atoms with Crippen molar-refractivity contribution in [3.63, 3.8) is 0 Å². The van der Waals surface area contributed by atoms with Crippen molar-refractivity contribution in [1.82, 2.24) is 24.3 Å². The first-order valence-electron chi connectivity index (χ1n) is 7.30. The zero-order valence-corrected chi connectivity index (χ0v) is 14.1. The van der Waals surface area contributed by atoms with Gasteiger partial charge in [-0.05, 0) is 39.7 Å². The largest absolute Gasteiger partial charge is 0.299 e. The van der Waals surface area contributed by atoms with E-state index in [-0.39, 0.29) is 5.56 Å². The van der Waals surface area contributed by atoms with Crippen molar-refractivity contribution in [2.45, 2.75) is 47.2 Å². The maximum Gasteiger partial charge on any atom is 0.262 e. The van der Waals surface area contributed by atoms with Crippen molar-refractivity contribution < 1.29 is 0 Å². The molecule has 116 valence electrons. The van der Waals surface area contributed by atoms with Crippen molar-refractivity contribution in [2.75, 3.05) is 0 Å². The van der Waals surface area contributed by atoms with Crippen LogP contribution in [0.3, 0.4) is 0 Å². The maximum atomic E-state index is 12.6. The molecule has 0 aromatic carbocycles. The lowest BCUT2D eigenvalue weighted by Gasteiger charge is -2.06. The highest BCUT2D eigenvalue weighted by atomic mass is 32.1. The summed E-state index contributed by atoms with van der Waals surface area (Å²) in [5.74, 6) is 1.69. The molecule has 3 rings (SSSR count). The van der Waals surface area contributed by atoms with Gasteiger partial charge >= 0.3 is 0 Å². The van der Waals surface area contributed by atoms with Crippen LogP contribution < -0.4 is 5.56 Å². The number of hydrogen-bond donors (Lipinski definition) is 0. The van der Waals surface area contributed by atoms with E-state index in [1.54, 1.807) is 22.2 Å².